The van der Waals surface area contributed by atoms with Gasteiger partial charge in [0.15, 0.2) is 0 Å². The molecule has 0 rings (SSSR count). The van der Waals surface area contributed by atoms with Gasteiger partial charge in [-0.2, -0.15) is 0 Å². The van der Waals surface area contributed by atoms with E-state index in [1.54, 1.807) is 0 Å². The summed E-state index contributed by atoms with van der Waals surface area (Å²) >= 11 is 0. The molecule has 0 bridgehead atoms. The molecule has 0 fully saturated rings. The summed E-state index contributed by atoms with van der Waals surface area (Å²) in [6.45, 7) is 4.16. The quantitative estimate of drug-likeness (QED) is 0.0363. The maximum Gasteiger partial charge on any atom is 0.220 e. The van der Waals surface area contributed by atoms with Crippen molar-refractivity contribution in [2.75, 3.05) is 6.61 Å². The predicted molar refractivity (Wildman–Crippen MR) is 259 cm³/mol. The summed E-state index contributed by atoms with van der Waals surface area (Å²) in [5, 5.41) is 33.4. The summed E-state index contributed by atoms with van der Waals surface area (Å²) in [6.07, 6.45) is 61.2. The number of nitrogens with one attached hydrogen (secondary N) is 1. The van der Waals surface area contributed by atoms with Gasteiger partial charge in [0, 0.05) is 6.42 Å². The van der Waals surface area contributed by atoms with Crippen LogP contribution in [0.4, 0.5) is 0 Å². The highest BCUT2D eigenvalue weighted by Crippen LogP contribution is 2.18. The smallest absolute Gasteiger partial charge is 0.220 e. The second kappa shape index (κ2) is 49.7. The highest BCUT2D eigenvalue weighted by Gasteiger charge is 2.26. The Labute approximate surface area is 369 Å². The van der Waals surface area contributed by atoms with Crippen LogP contribution in [0.15, 0.2) is 12.2 Å². The van der Waals surface area contributed by atoms with E-state index >= 15 is 0 Å². The van der Waals surface area contributed by atoms with Gasteiger partial charge in [-0.1, -0.05) is 270 Å². The Kier molecular flexibility index (Phi) is 49.0. The van der Waals surface area contributed by atoms with Gasteiger partial charge in [0.2, 0.25) is 5.91 Å². The van der Waals surface area contributed by atoms with Crippen LogP contribution in [0.3, 0.4) is 0 Å². The third-order valence-corrected chi connectivity index (χ3v) is 12.9. The first-order chi connectivity index (χ1) is 29.1. The van der Waals surface area contributed by atoms with E-state index in [9.17, 15) is 20.1 Å². The standard InChI is InChI=1S/C54H107NO4/c1-3-5-7-9-11-13-14-15-16-17-18-19-20-21-22-23-24-25-26-27-28-29-30-31-32-33-34-35-36-37-38-39-40-41-43-45-47-49-53(58)55-51(50-56)54(59)52(57)48-46-44-42-12-10-8-6-4-2/h25-26,51-52,54,56-57,59H,3-24,27-50H2,1-2H3,(H,55,58)/b26-25-. The van der Waals surface area contributed by atoms with Crippen molar-refractivity contribution in [3.63, 3.8) is 0 Å². The minimum absolute atomic E-state index is 0.142. The number of carbonyl (C=O) groups excluding carboxylic acids is 1. The van der Waals surface area contributed by atoms with Gasteiger partial charge in [-0.05, 0) is 38.5 Å². The number of rotatable bonds is 50. The van der Waals surface area contributed by atoms with Crippen molar-refractivity contribution >= 4 is 5.91 Å². The lowest BCUT2D eigenvalue weighted by molar-refractivity contribution is -0.124. The third-order valence-electron chi connectivity index (χ3n) is 12.9. The van der Waals surface area contributed by atoms with Gasteiger partial charge in [0.1, 0.15) is 6.10 Å². The number of hydrogen-bond acceptors (Lipinski definition) is 4. The molecule has 0 aromatic carbocycles. The van der Waals surface area contributed by atoms with Crippen LogP contribution in [-0.4, -0.2) is 46.1 Å². The van der Waals surface area contributed by atoms with E-state index < -0.39 is 18.2 Å². The van der Waals surface area contributed by atoms with E-state index in [1.807, 2.05) is 0 Å². The van der Waals surface area contributed by atoms with Gasteiger partial charge < -0.3 is 20.6 Å². The van der Waals surface area contributed by atoms with Crippen molar-refractivity contribution in [2.45, 2.75) is 321 Å². The summed E-state index contributed by atoms with van der Waals surface area (Å²) < 4.78 is 0. The van der Waals surface area contributed by atoms with E-state index in [2.05, 4.69) is 31.3 Å². The van der Waals surface area contributed by atoms with E-state index in [0.29, 0.717) is 12.8 Å². The number of aliphatic hydroxyl groups is 3. The maximum atomic E-state index is 12.4. The second-order valence-electron chi connectivity index (χ2n) is 18.8. The van der Waals surface area contributed by atoms with Gasteiger partial charge >= 0.3 is 0 Å². The van der Waals surface area contributed by atoms with Crippen LogP contribution in [0.1, 0.15) is 303 Å². The zero-order valence-corrected chi connectivity index (χ0v) is 40.2. The SMILES string of the molecule is CCCCCCCCCCCCCCCCCC/C=C\CCCCCCCCCCCCCCCCCCCC(=O)NC(CO)C(O)C(O)CCCCCCCCCC. The lowest BCUT2D eigenvalue weighted by Crippen LogP contribution is -2.50. The highest BCUT2D eigenvalue weighted by molar-refractivity contribution is 5.76. The van der Waals surface area contributed by atoms with Crippen molar-refractivity contribution in [1.82, 2.24) is 5.32 Å². The fraction of sp³-hybridized carbons (Fsp3) is 0.944. The lowest BCUT2D eigenvalue weighted by atomic mass is 9.99. The summed E-state index contributed by atoms with van der Waals surface area (Å²) in [6, 6.07) is -0.803. The van der Waals surface area contributed by atoms with Gasteiger partial charge in [0.25, 0.3) is 0 Å². The molecule has 5 heteroatoms. The molecule has 5 nitrogen and oxygen atoms in total. The second-order valence-corrected chi connectivity index (χ2v) is 18.8. The molecule has 59 heavy (non-hydrogen) atoms. The minimum atomic E-state index is -1.13. The van der Waals surface area contributed by atoms with Crippen molar-refractivity contribution in [3.8, 4) is 0 Å². The largest absolute Gasteiger partial charge is 0.394 e. The predicted octanol–water partition coefficient (Wildman–Crippen LogP) is 16.3. The van der Waals surface area contributed by atoms with Gasteiger partial charge in [0.05, 0.1) is 18.8 Å². The number of unbranched alkanes of at least 4 members (excludes halogenated alkanes) is 40. The van der Waals surface area contributed by atoms with Crippen LogP contribution < -0.4 is 5.32 Å². The number of amides is 1. The maximum absolute atomic E-state index is 12.4. The van der Waals surface area contributed by atoms with Crippen molar-refractivity contribution < 1.29 is 20.1 Å². The van der Waals surface area contributed by atoms with E-state index in [0.717, 1.165) is 38.5 Å². The average Bonchev–Trinajstić information content (AvgIpc) is 3.24. The fourth-order valence-corrected chi connectivity index (χ4v) is 8.69. The highest BCUT2D eigenvalue weighted by atomic mass is 16.3. The molecule has 0 aromatic rings. The molecule has 352 valence electrons. The first-order valence-electron chi connectivity index (χ1n) is 27.0. The van der Waals surface area contributed by atoms with Gasteiger partial charge in [-0.3, -0.25) is 4.79 Å². The Morgan fingerprint density at radius 2 is 0.678 bits per heavy atom. The average molecular weight is 834 g/mol. The van der Waals surface area contributed by atoms with Crippen molar-refractivity contribution in [1.29, 1.82) is 0 Å². The zero-order valence-electron chi connectivity index (χ0n) is 40.2. The van der Waals surface area contributed by atoms with Crippen molar-refractivity contribution in [2.24, 2.45) is 0 Å². The van der Waals surface area contributed by atoms with Crippen LogP contribution in [0.5, 0.6) is 0 Å². The molecule has 3 unspecified atom stereocenters. The van der Waals surface area contributed by atoms with Crippen LogP contribution in [0.2, 0.25) is 0 Å². The van der Waals surface area contributed by atoms with Gasteiger partial charge in [-0.15, -0.1) is 0 Å². The normalized spacial score (nSPS) is 13.4. The molecule has 0 aliphatic rings. The Morgan fingerprint density at radius 3 is 0.983 bits per heavy atom. The monoisotopic (exact) mass is 834 g/mol. The molecule has 1 amide bonds. The Morgan fingerprint density at radius 1 is 0.407 bits per heavy atom. The topological polar surface area (TPSA) is 89.8 Å². The van der Waals surface area contributed by atoms with E-state index in [-0.39, 0.29) is 12.5 Å². The van der Waals surface area contributed by atoms with Gasteiger partial charge in [-0.25, -0.2) is 0 Å². The number of carbonyl (C=O) groups is 1. The summed E-state index contributed by atoms with van der Waals surface area (Å²) in [5.41, 5.74) is 0. The molecule has 3 atom stereocenters. The number of allylic oxidation sites excluding steroid dienone is 2. The molecule has 0 aliphatic carbocycles. The van der Waals surface area contributed by atoms with E-state index in [4.69, 9.17) is 0 Å². The van der Waals surface area contributed by atoms with Crippen LogP contribution >= 0.6 is 0 Å². The van der Waals surface area contributed by atoms with Crippen molar-refractivity contribution in [3.05, 3.63) is 12.2 Å². The molecule has 0 aromatic heterocycles. The Hall–Kier alpha value is -0.910. The summed E-state index contributed by atoms with van der Waals surface area (Å²) in [4.78, 5) is 12.4. The van der Waals surface area contributed by atoms with Crippen LogP contribution in [0, 0.1) is 0 Å². The first-order valence-corrected chi connectivity index (χ1v) is 27.0. The number of aliphatic hydroxyl groups excluding tert-OH is 3. The molecular formula is C54H107NO4. The fourth-order valence-electron chi connectivity index (χ4n) is 8.69. The zero-order chi connectivity index (χ0) is 43.0. The number of hydrogen-bond donors (Lipinski definition) is 4. The van der Waals surface area contributed by atoms with E-state index in [1.165, 1.54) is 238 Å². The molecular weight excluding hydrogens is 727 g/mol. The molecule has 0 spiro atoms. The van der Waals surface area contributed by atoms with Crippen LogP contribution in [-0.2, 0) is 4.79 Å². The first kappa shape index (κ1) is 58.1. The summed E-state index contributed by atoms with van der Waals surface area (Å²) in [5.74, 6) is -0.142. The molecule has 0 aliphatic heterocycles. The van der Waals surface area contributed by atoms with Crippen LogP contribution in [0.25, 0.3) is 0 Å². The Bertz CT molecular complexity index is 833. The molecule has 4 N–H and O–H groups in total. The summed E-state index contributed by atoms with van der Waals surface area (Å²) in [7, 11) is 0. The molecule has 0 saturated carbocycles. The minimum Gasteiger partial charge on any atom is -0.394 e. The molecule has 0 heterocycles. The molecule has 0 saturated heterocycles. The third kappa shape index (κ3) is 44.9. The Balaban J connectivity index is 3.38. The molecule has 0 radical (unpaired) electrons. The lowest BCUT2D eigenvalue weighted by Gasteiger charge is -2.26.